The number of sulfonamides is 1. The Hall–Kier alpha value is -2.74. The first-order chi connectivity index (χ1) is 19.7. The van der Waals surface area contributed by atoms with Crippen LogP contribution in [0.15, 0.2) is 59.5 Å². The highest BCUT2D eigenvalue weighted by Gasteiger charge is 2.40. The summed E-state index contributed by atoms with van der Waals surface area (Å²) in [7, 11) is -2.44. The van der Waals surface area contributed by atoms with Crippen LogP contribution < -0.4 is 10.1 Å². The molecule has 1 aliphatic carbocycles. The lowest BCUT2D eigenvalue weighted by Crippen LogP contribution is -2.51. The van der Waals surface area contributed by atoms with Crippen molar-refractivity contribution in [1.29, 1.82) is 0 Å². The molecule has 12 heteroatoms. The summed E-state index contributed by atoms with van der Waals surface area (Å²) < 4.78 is 55.7. The molecule has 2 N–H and O–H groups in total. The molecule has 0 bridgehead atoms. The summed E-state index contributed by atoms with van der Waals surface area (Å²) in [5, 5.41) is 14.2. The van der Waals surface area contributed by atoms with E-state index in [9.17, 15) is 18.3 Å². The number of nitrogens with one attached hydrogen (secondary N) is 1. The second-order valence-electron chi connectivity index (χ2n) is 10.7. The van der Waals surface area contributed by atoms with Gasteiger partial charge in [-0.2, -0.15) is 4.31 Å². The molecule has 4 rings (SSSR count). The molecule has 11 nitrogen and oxygen atoms in total. The maximum Gasteiger partial charge on any atom is 0.407 e. The lowest BCUT2D eigenvalue weighted by atomic mass is 10.0. The number of carbonyl (C=O) groups is 1. The summed E-state index contributed by atoms with van der Waals surface area (Å²) in [6.07, 6.45) is -1.60. The molecule has 226 valence electrons. The standard InChI is InChI=1S/C29H40N2O9S/c1-20(2)16-31(41(34,35)24-11-9-22(36-3)10-12-24)17-26(32)25(13-21-7-5-4-6-8-21)30-29(33)40-23-14-27-28(15-23)39-19-37-18-38-27/h4-12,20,23,25-28,32H,13-19H2,1-3H3,(H,30,33)/t23?,25-,26+,27+,28?/m0/s1. The third-order valence-electron chi connectivity index (χ3n) is 7.13. The van der Waals surface area contributed by atoms with E-state index in [0.29, 0.717) is 18.6 Å². The van der Waals surface area contributed by atoms with E-state index in [1.165, 1.54) is 23.5 Å². The zero-order chi connectivity index (χ0) is 29.4. The number of benzene rings is 2. The third kappa shape index (κ3) is 8.63. The average Bonchev–Trinajstić information content (AvgIpc) is 3.19. The van der Waals surface area contributed by atoms with Crippen LogP contribution in [0.25, 0.3) is 0 Å². The van der Waals surface area contributed by atoms with E-state index < -0.39 is 34.4 Å². The lowest BCUT2D eigenvalue weighted by molar-refractivity contribution is -0.0963. The van der Waals surface area contributed by atoms with Gasteiger partial charge in [-0.3, -0.25) is 0 Å². The predicted octanol–water partition coefficient (Wildman–Crippen LogP) is 2.92. The maximum absolute atomic E-state index is 13.6. The Bertz CT molecular complexity index is 1200. The second kappa shape index (κ2) is 14.4. The smallest absolute Gasteiger partial charge is 0.407 e. The summed E-state index contributed by atoms with van der Waals surface area (Å²) in [5.41, 5.74) is 0.871. The number of fused-ring (bicyclic) bond motifs is 1. The number of carbonyl (C=O) groups excluding carboxylic acids is 1. The van der Waals surface area contributed by atoms with Gasteiger partial charge in [0.25, 0.3) is 0 Å². The molecule has 41 heavy (non-hydrogen) atoms. The van der Waals surface area contributed by atoms with E-state index >= 15 is 0 Å². The molecule has 1 aliphatic heterocycles. The minimum absolute atomic E-state index is 0.00865. The molecule has 1 heterocycles. The van der Waals surface area contributed by atoms with Gasteiger partial charge in [-0.1, -0.05) is 44.2 Å². The summed E-state index contributed by atoms with van der Waals surface area (Å²) in [6.45, 7) is 4.01. The molecule has 2 aromatic carbocycles. The van der Waals surface area contributed by atoms with Crippen molar-refractivity contribution in [2.45, 2.75) is 68.5 Å². The second-order valence-corrected chi connectivity index (χ2v) is 12.7. The predicted molar refractivity (Wildman–Crippen MR) is 150 cm³/mol. The van der Waals surface area contributed by atoms with Crippen LogP contribution in [0.3, 0.4) is 0 Å². The van der Waals surface area contributed by atoms with Crippen LogP contribution in [0.5, 0.6) is 5.75 Å². The van der Waals surface area contributed by atoms with Crippen LogP contribution in [-0.4, -0.2) is 88.2 Å². The SMILES string of the molecule is COc1ccc(S(=O)(=O)N(CC(C)C)C[C@@H](O)[C@H](Cc2ccccc2)NC(=O)OC2CC3OCOCO[C@@H]3C2)cc1. The molecule has 2 aliphatic rings. The number of methoxy groups -OCH3 is 1. The van der Waals surface area contributed by atoms with Gasteiger partial charge in [-0.05, 0) is 42.2 Å². The monoisotopic (exact) mass is 592 g/mol. The fourth-order valence-electron chi connectivity index (χ4n) is 5.07. The van der Waals surface area contributed by atoms with Crippen molar-refractivity contribution in [1.82, 2.24) is 9.62 Å². The highest BCUT2D eigenvalue weighted by atomic mass is 32.2. The van der Waals surface area contributed by atoms with Crippen molar-refractivity contribution in [3.63, 3.8) is 0 Å². The van der Waals surface area contributed by atoms with E-state index in [-0.39, 0.29) is 56.1 Å². The Kier molecular flexibility index (Phi) is 11.0. The molecule has 0 radical (unpaired) electrons. The lowest BCUT2D eigenvalue weighted by Gasteiger charge is -2.31. The van der Waals surface area contributed by atoms with Gasteiger partial charge in [0.1, 0.15) is 25.4 Å². The summed E-state index contributed by atoms with van der Waals surface area (Å²) in [5.74, 6) is 0.527. The minimum Gasteiger partial charge on any atom is -0.497 e. The molecule has 0 spiro atoms. The largest absolute Gasteiger partial charge is 0.497 e. The molecular weight excluding hydrogens is 552 g/mol. The highest BCUT2D eigenvalue weighted by molar-refractivity contribution is 7.89. The van der Waals surface area contributed by atoms with Crippen LogP contribution in [0, 0.1) is 5.92 Å². The van der Waals surface area contributed by atoms with E-state index in [2.05, 4.69) is 5.32 Å². The quantitative estimate of drug-likeness (QED) is 0.382. The zero-order valence-electron chi connectivity index (χ0n) is 23.7. The Morgan fingerprint density at radius 2 is 1.66 bits per heavy atom. The van der Waals surface area contributed by atoms with Crippen LogP contribution >= 0.6 is 0 Å². The first-order valence-electron chi connectivity index (χ1n) is 13.8. The van der Waals surface area contributed by atoms with E-state index in [1.807, 2.05) is 44.2 Å². The van der Waals surface area contributed by atoms with Crippen LogP contribution in [0.4, 0.5) is 4.79 Å². The molecule has 1 saturated carbocycles. The van der Waals surface area contributed by atoms with Gasteiger partial charge in [-0.25, -0.2) is 13.2 Å². The van der Waals surface area contributed by atoms with Gasteiger partial charge < -0.3 is 34.1 Å². The number of hydrogen-bond donors (Lipinski definition) is 2. The highest BCUT2D eigenvalue weighted by Crippen LogP contribution is 2.29. The van der Waals surface area contributed by atoms with Crippen LogP contribution in [0.1, 0.15) is 32.3 Å². The molecule has 1 saturated heterocycles. The van der Waals surface area contributed by atoms with Gasteiger partial charge in [0.2, 0.25) is 10.0 Å². The van der Waals surface area contributed by atoms with Gasteiger partial charge in [0.15, 0.2) is 0 Å². The first kappa shape index (κ1) is 31.2. The molecular formula is C29H40N2O9S. The molecule has 5 atom stereocenters. The van der Waals surface area contributed by atoms with Crippen molar-refractivity contribution in [2.75, 3.05) is 33.8 Å². The fraction of sp³-hybridized carbons (Fsp3) is 0.552. The number of alkyl carbamates (subject to hydrolysis) is 1. The number of aliphatic hydroxyl groups excluding tert-OH is 1. The normalized spacial score (nSPS) is 22.5. The van der Waals surface area contributed by atoms with Gasteiger partial charge in [0.05, 0.1) is 36.4 Å². The van der Waals surface area contributed by atoms with Gasteiger partial charge in [-0.15, -0.1) is 0 Å². The topological polar surface area (TPSA) is 133 Å². The first-order valence-corrected chi connectivity index (χ1v) is 15.2. The number of amides is 1. The van der Waals surface area contributed by atoms with E-state index in [4.69, 9.17) is 23.7 Å². The van der Waals surface area contributed by atoms with Gasteiger partial charge in [0, 0.05) is 25.9 Å². The average molecular weight is 593 g/mol. The maximum atomic E-state index is 13.6. The van der Waals surface area contributed by atoms with E-state index in [0.717, 1.165) is 5.56 Å². The van der Waals surface area contributed by atoms with Crippen molar-refractivity contribution in [2.24, 2.45) is 5.92 Å². The third-order valence-corrected chi connectivity index (χ3v) is 8.98. The molecule has 1 amide bonds. The van der Waals surface area contributed by atoms with Crippen molar-refractivity contribution in [3.8, 4) is 5.75 Å². The fourth-order valence-corrected chi connectivity index (χ4v) is 6.69. The van der Waals surface area contributed by atoms with Crippen molar-refractivity contribution >= 4 is 16.1 Å². The number of aliphatic hydroxyl groups is 1. The van der Waals surface area contributed by atoms with E-state index in [1.54, 1.807) is 12.1 Å². The van der Waals surface area contributed by atoms with Crippen molar-refractivity contribution in [3.05, 3.63) is 60.2 Å². The number of hydrogen-bond acceptors (Lipinski definition) is 9. The van der Waals surface area contributed by atoms with Crippen LogP contribution in [-0.2, 0) is 35.4 Å². The molecule has 2 unspecified atom stereocenters. The molecule has 0 aromatic heterocycles. The summed E-state index contributed by atoms with van der Waals surface area (Å²) >= 11 is 0. The Morgan fingerprint density at radius 3 is 2.24 bits per heavy atom. The van der Waals surface area contributed by atoms with Crippen LogP contribution in [0.2, 0.25) is 0 Å². The Morgan fingerprint density at radius 1 is 1.02 bits per heavy atom. The Balaban J connectivity index is 1.48. The molecule has 2 fully saturated rings. The minimum atomic E-state index is -3.95. The number of rotatable bonds is 12. The van der Waals surface area contributed by atoms with Gasteiger partial charge >= 0.3 is 6.09 Å². The Labute approximate surface area is 241 Å². The summed E-state index contributed by atoms with van der Waals surface area (Å²) in [6, 6.07) is 14.7. The van der Waals surface area contributed by atoms with Crippen molar-refractivity contribution < 1.29 is 42.0 Å². The summed E-state index contributed by atoms with van der Waals surface area (Å²) in [4.78, 5) is 13.1. The zero-order valence-corrected chi connectivity index (χ0v) is 24.5. The molecule has 2 aromatic rings. The number of ether oxygens (including phenoxy) is 5. The number of nitrogens with zero attached hydrogens (tertiary/aromatic N) is 1.